The molecule has 1 aromatic rings. The van der Waals surface area contributed by atoms with E-state index in [1.165, 1.54) is 25.3 Å². The molecule has 0 atom stereocenters. The number of hydrogen-bond acceptors (Lipinski definition) is 3. The van der Waals surface area contributed by atoms with Crippen LogP contribution in [0.3, 0.4) is 0 Å². The summed E-state index contributed by atoms with van der Waals surface area (Å²) in [4.78, 5) is 22.7. The Bertz CT molecular complexity index is 521. The first-order chi connectivity index (χ1) is 9.73. The monoisotopic (exact) mass is 294 g/mol. The van der Waals surface area contributed by atoms with Crippen LogP contribution in [0, 0.1) is 5.41 Å². The number of carboxylic acids is 1. The van der Waals surface area contributed by atoms with Crippen molar-refractivity contribution in [3.05, 3.63) is 23.8 Å². The number of carbonyl (C=O) groups is 2. The molecule has 0 aliphatic carbocycles. The lowest BCUT2D eigenvalue weighted by Gasteiger charge is -2.18. The molecule has 0 aromatic heterocycles. The van der Waals surface area contributed by atoms with Gasteiger partial charge in [0.25, 0.3) is 0 Å². The molecule has 6 nitrogen and oxygen atoms in total. The van der Waals surface area contributed by atoms with Gasteiger partial charge in [-0.15, -0.1) is 0 Å². The molecule has 2 amide bonds. The van der Waals surface area contributed by atoms with E-state index >= 15 is 0 Å². The van der Waals surface area contributed by atoms with Crippen molar-refractivity contribution in [1.29, 1.82) is 0 Å². The van der Waals surface area contributed by atoms with E-state index in [9.17, 15) is 9.59 Å². The van der Waals surface area contributed by atoms with Crippen LogP contribution in [-0.2, 0) is 0 Å². The third-order valence-corrected chi connectivity index (χ3v) is 2.85. The summed E-state index contributed by atoms with van der Waals surface area (Å²) in [5.74, 6) is -0.872. The molecule has 0 fully saturated rings. The number of aromatic carboxylic acids is 1. The number of hydrogen-bond donors (Lipinski definition) is 3. The van der Waals surface area contributed by atoms with Crippen molar-refractivity contribution in [3.63, 3.8) is 0 Å². The third-order valence-electron chi connectivity index (χ3n) is 2.85. The summed E-state index contributed by atoms with van der Waals surface area (Å²) < 4.78 is 5.00. The largest absolute Gasteiger partial charge is 0.496 e. The molecule has 0 unspecified atom stereocenters. The standard InChI is InChI=1S/C15H22N2O4/c1-15(2,3)7-8-16-14(20)17-10-5-6-11(13(18)19)12(9-10)21-4/h5-6,9H,7-8H2,1-4H3,(H,18,19)(H2,16,17,20). The Labute approximate surface area is 124 Å². The lowest BCUT2D eigenvalue weighted by atomic mass is 9.92. The Morgan fingerprint density at radius 3 is 2.48 bits per heavy atom. The molecule has 1 rings (SSSR count). The fourth-order valence-corrected chi connectivity index (χ4v) is 1.67. The normalized spacial score (nSPS) is 10.9. The maximum absolute atomic E-state index is 11.7. The smallest absolute Gasteiger partial charge is 0.339 e. The second-order valence-electron chi connectivity index (χ2n) is 5.91. The molecule has 6 heteroatoms. The van der Waals surface area contributed by atoms with Crippen molar-refractivity contribution in [3.8, 4) is 5.75 Å². The van der Waals surface area contributed by atoms with Crippen LogP contribution in [0.4, 0.5) is 10.5 Å². The molecular formula is C15H22N2O4. The highest BCUT2D eigenvalue weighted by molar-refractivity contribution is 5.94. The summed E-state index contributed by atoms with van der Waals surface area (Å²) in [5, 5.41) is 14.4. The first-order valence-corrected chi connectivity index (χ1v) is 6.69. The predicted octanol–water partition coefficient (Wildman–Crippen LogP) is 2.95. The zero-order valence-corrected chi connectivity index (χ0v) is 12.8. The molecule has 0 radical (unpaired) electrons. The fraction of sp³-hybridized carbons (Fsp3) is 0.467. The van der Waals surface area contributed by atoms with Crippen molar-refractivity contribution in [2.45, 2.75) is 27.2 Å². The fourth-order valence-electron chi connectivity index (χ4n) is 1.67. The number of carbonyl (C=O) groups excluding carboxylic acids is 1. The topological polar surface area (TPSA) is 87.7 Å². The number of benzene rings is 1. The van der Waals surface area contributed by atoms with Gasteiger partial charge in [-0.2, -0.15) is 0 Å². The van der Waals surface area contributed by atoms with Crippen LogP contribution in [0.25, 0.3) is 0 Å². The maximum atomic E-state index is 11.7. The highest BCUT2D eigenvalue weighted by Gasteiger charge is 2.13. The van der Waals surface area contributed by atoms with Gasteiger partial charge in [0, 0.05) is 18.3 Å². The average Bonchev–Trinajstić information content (AvgIpc) is 2.36. The van der Waals surface area contributed by atoms with E-state index in [-0.39, 0.29) is 22.8 Å². The van der Waals surface area contributed by atoms with Crippen LogP contribution in [0.5, 0.6) is 5.75 Å². The van der Waals surface area contributed by atoms with E-state index in [1.807, 2.05) is 0 Å². The summed E-state index contributed by atoms with van der Waals surface area (Å²) in [7, 11) is 1.38. The van der Waals surface area contributed by atoms with E-state index in [1.54, 1.807) is 0 Å². The molecule has 0 aliphatic rings. The van der Waals surface area contributed by atoms with E-state index in [2.05, 4.69) is 31.4 Å². The molecule has 116 valence electrons. The SMILES string of the molecule is COc1cc(NC(=O)NCCC(C)(C)C)ccc1C(=O)O. The Hall–Kier alpha value is -2.24. The van der Waals surface area contributed by atoms with Gasteiger partial charge >= 0.3 is 12.0 Å². The quantitative estimate of drug-likeness (QED) is 0.779. The highest BCUT2D eigenvalue weighted by atomic mass is 16.5. The van der Waals surface area contributed by atoms with Crippen molar-refractivity contribution in [2.24, 2.45) is 5.41 Å². The Morgan fingerprint density at radius 2 is 1.95 bits per heavy atom. The molecule has 0 aliphatic heterocycles. The number of amides is 2. The van der Waals surface area contributed by atoms with Gasteiger partial charge in [-0.05, 0) is 24.0 Å². The molecule has 0 saturated heterocycles. The Morgan fingerprint density at radius 1 is 1.29 bits per heavy atom. The molecule has 0 spiro atoms. The molecule has 0 saturated carbocycles. The second-order valence-corrected chi connectivity index (χ2v) is 5.91. The van der Waals surface area contributed by atoms with Gasteiger partial charge < -0.3 is 20.5 Å². The van der Waals surface area contributed by atoms with Crippen LogP contribution in [0.2, 0.25) is 0 Å². The lowest BCUT2D eigenvalue weighted by Crippen LogP contribution is -2.31. The van der Waals surface area contributed by atoms with Gasteiger partial charge in [-0.3, -0.25) is 0 Å². The number of nitrogens with one attached hydrogen (secondary N) is 2. The molecule has 1 aromatic carbocycles. The Kier molecular flexibility index (Phi) is 5.58. The minimum atomic E-state index is -1.08. The van der Waals surface area contributed by atoms with Gasteiger partial charge in [-0.1, -0.05) is 20.8 Å². The summed E-state index contributed by atoms with van der Waals surface area (Å²) in [6.07, 6.45) is 0.863. The van der Waals surface area contributed by atoms with E-state index in [4.69, 9.17) is 9.84 Å². The number of methoxy groups -OCH3 is 1. The van der Waals surface area contributed by atoms with Crippen molar-refractivity contribution < 1.29 is 19.4 Å². The van der Waals surface area contributed by atoms with Crippen molar-refractivity contribution in [2.75, 3.05) is 19.0 Å². The van der Waals surface area contributed by atoms with Crippen LogP contribution in [-0.4, -0.2) is 30.8 Å². The van der Waals surface area contributed by atoms with Gasteiger partial charge in [0.15, 0.2) is 0 Å². The predicted molar refractivity (Wildman–Crippen MR) is 81.0 cm³/mol. The molecule has 0 heterocycles. The van der Waals surface area contributed by atoms with Gasteiger partial charge in [-0.25, -0.2) is 9.59 Å². The van der Waals surface area contributed by atoms with Gasteiger partial charge in [0.05, 0.1) is 7.11 Å². The average molecular weight is 294 g/mol. The third kappa shape index (κ3) is 5.72. The Balaban J connectivity index is 2.62. The van der Waals surface area contributed by atoms with E-state index in [0.717, 1.165) is 6.42 Å². The van der Waals surface area contributed by atoms with Crippen LogP contribution < -0.4 is 15.4 Å². The number of urea groups is 1. The minimum Gasteiger partial charge on any atom is -0.496 e. The summed E-state index contributed by atoms with van der Waals surface area (Å²) in [5.41, 5.74) is 0.681. The first kappa shape index (κ1) is 16.8. The summed E-state index contributed by atoms with van der Waals surface area (Å²) in [6.45, 7) is 6.87. The molecule has 3 N–H and O–H groups in total. The van der Waals surface area contributed by atoms with Crippen molar-refractivity contribution >= 4 is 17.7 Å². The van der Waals surface area contributed by atoms with Crippen LogP contribution in [0.1, 0.15) is 37.6 Å². The van der Waals surface area contributed by atoms with Gasteiger partial charge in [0.2, 0.25) is 0 Å². The lowest BCUT2D eigenvalue weighted by molar-refractivity contribution is 0.0693. The maximum Gasteiger partial charge on any atom is 0.339 e. The van der Waals surface area contributed by atoms with Crippen LogP contribution in [0.15, 0.2) is 18.2 Å². The first-order valence-electron chi connectivity index (χ1n) is 6.69. The zero-order chi connectivity index (χ0) is 16.0. The molecular weight excluding hydrogens is 272 g/mol. The number of anilines is 1. The number of rotatable bonds is 5. The second kappa shape index (κ2) is 6.97. The minimum absolute atomic E-state index is 0.0520. The molecule has 21 heavy (non-hydrogen) atoms. The van der Waals surface area contributed by atoms with E-state index in [0.29, 0.717) is 12.2 Å². The van der Waals surface area contributed by atoms with Crippen LogP contribution >= 0.6 is 0 Å². The number of carboxylic acid groups (broad SMARTS) is 1. The number of ether oxygens (including phenoxy) is 1. The highest BCUT2D eigenvalue weighted by Crippen LogP contribution is 2.23. The summed E-state index contributed by atoms with van der Waals surface area (Å²) >= 11 is 0. The van der Waals surface area contributed by atoms with Gasteiger partial charge in [0.1, 0.15) is 11.3 Å². The van der Waals surface area contributed by atoms with E-state index < -0.39 is 5.97 Å². The van der Waals surface area contributed by atoms with Crippen molar-refractivity contribution in [1.82, 2.24) is 5.32 Å². The summed E-state index contributed by atoms with van der Waals surface area (Å²) in [6, 6.07) is 4.07. The zero-order valence-electron chi connectivity index (χ0n) is 12.8. The molecule has 0 bridgehead atoms.